The second-order valence-corrected chi connectivity index (χ2v) is 7.76. The Bertz CT molecular complexity index is 943. The summed E-state index contributed by atoms with van der Waals surface area (Å²) in [5.74, 6) is 7.90. The van der Waals surface area contributed by atoms with Gasteiger partial charge >= 0.3 is 0 Å². The van der Waals surface area contributed by atoms with Crippen LogP contribution in [0.15, 0.2) is 40.9 Å². The number of thiophene rings is 1. The van der Waals surface area contributed by atoms with E-state index in [0.29, 0.717) is 28.0 Å². The van der Waals surface area contributed by atoms with Crippen LogP contribution in [0.3, 0.4) is 0 Å². The predicted octanol–water partition coefficient (Wildman–Crippen LogP) is 2.71. The molecule has 0 unspecified atom stereocenters. The number of hydrogen-bond donors (Lipinski definition) is 2. The molecule has 1 amide bonds. The van der Waals surface area contributed by atoms with E-state index in [4.69, 9.17) is 15.3 Å². The maximum atomic E-state index is 12.2. The summed E-state index contributed by atoms with van der Waals surface area (Å²) >= 11 is 2.83. The zero-order valence-corrected chi connectivity index (χ0v) is 17.3. The molecule has 1 aromatic carbocycles. The average molecular weight is 420 g/mol. The van der Waals surface area contributed by atoms with Gasteiger partial charge in [-0.15, -0.1) is 21.5 Å². The lowest BCUT2D eigenvalue weighted by molar-refractivity contribution is -0.119. The second kappa shape index (κ2) is 8.98. The highest BCUT2D eigenvalue weighted by atomic mass is 32.2. The summed E-state index contributed by atoms with van der Waals surface area (Å²) in [6.45, 7) is 1.95. The van der Waals surface area contributed by atoms with Crippen LogP contribution >= 0.6 is 23.1 Å². The van der Waals surface area contributed by atoms with Gasteiger partial charge in [-0.05, 0) is 30.5 Å². The summed E-state index contributed by atoms with van der Waals surface area (Å²) in [4.78, 5) is 13.3. The number of rotatable bonds is 8. The van der Waals surface area contributed by atoms with Crippen LogP contribution in [0, 0.1) is 0 Å². The number of thioether (sulfide) groups is 1. The fraction of sp³-hybridized carbons (Fsp3) is 0.278. The van der Waals surface area contributed by atoms with Crippen LogP contribution in [0.1, 0.15) is 17.8 Å². The fourth-order valence-corrected chi connectivity index (χ4v) is 3.97. The number of aromatic nitrogens is 3. The lowest BCUT2D eigenvalue weighted by atomic mass is 10.2. The number of nitrogens with two attached hydrogens (primary N) is 1. The van der Waals surface area contributed by atoms with Crippen molar-refractivity contribution < 1.29 is 14.3 Å². The van der Waals surface area contributed by atoms with Gasteiger partial charge in [0.1, 0.15) is 11.5 Å². The molecule has 3 rings (SSSR count). The molecular formula is C18H21N5O3S2. The second-order valence-electron chi connectivity index (χ2n) is 5.84. The lowest BCUT2D eigenvalue weighted by Gasteiger charge is -2.12. The molecule has 0 fully saturated rings. The number of amides is 1. The number of carbonyl (C=O) groups excluding carboxylic acids is 1. The van der Waals surface area contributed by atoms with E-state index < -0.39 is 0 Å². The van der Waals surface area contributed by atoms with Crippen LogP contribution in [-0.2, 0) is 4.79 Å². The smallest absolute Gasteiger partial charge is 0.230 e. The SMILES string of the molecule is COc1ccc(-c2nnc(SCC(=O)N[C@@H](C)c3cccs3)n2N)c(OC)c1. The minimum atomic E-state index is -0.0996. The zero-order valence-electron chi connectivity index (χ0n) is 15.7. The number of nitrogens with one attached hydrogen (secondary N) is 1. The van der Waals surface area contributed by atoms with Gasteiger partial charge in [-0.2, -0.15) is 0 Å². The molecule has 0 aliphatic carbocycles. The average Bonchev–Trinajstić information content (AvgIpc) is 3.36. The largest absolute Gasteiger partial charge is 0.497 e. The van der Waals surface area contributed by atoms with Crippen LogP contribution in [0.25, 0.3) is 11.4 Å². The van der Waals surface area contributed by atoms with Crippen LogP contribution in [0.5, 0.6) is 11.5 Å². The Kier molecular flexibility index (Phi) is 6.42. The first kappa shape index (κ1) is 20.0. The highest BCUT2D eigenvalue weighted by molar-refractivity contribution is 7.99. The van der Waals surface area contributed by atoms with Crippen molar-refractivity contribution in [2.24, 2.45) is 0 Å². The molecule has 2 heterocycles. The summed E-state index contributed by atoms with van der Waals surface area (Å²) in [5, 5.41) is 13.6. The number of nitrogens with zero attached hydrogens (tertiary/aromatic N) is 3. The standard InChI is InChI=1S/C18H21N5O3S2/c1-11(15-5-4-8-27-15)20-16(24)10-28-18-22-21-17(23(18)19)13-7-6-12(25-2)9-14(13)26-3/h4-9,11H,10,19H2,1-3H3,(H,20,24)/t11-/m0/s1. The summed E-state index contributed by atoms with van der Waals surface area (Å²) < 4.78 is 12.0. The van der Waals surface area contributed by atoms with Gasteiger partial charge in [0.15, 0.2) is 5.82 Å². The van der Waals surface area contributed by atoms with Crippen molar-refractivity contribution in [2.45, 2.75) is 18.1 Å². The predicted molar refractivity (Wildman–Crippen MR) is 110 cm³/mol. The quantitative estimate of drug-likeness (QED) is 0.427. The molecule has 0 aliphatic heterocycles. The first-order valence-electron chi connectivity index (χ1n) is 8.42. The van der Waals surface area contributed by atoms with E-state index in [-0.39, 0.29) is 17.7 Å². The zero-order chi connectivity index (χ0) is 20.1. The summed E-state index contributed by atoms with van der Waals surface area (Å²) in [5.41, 5.74) is 0.681. The van der Waals surface area contributed by atoms with Crippen molar-refractivity contribution in [3.05, 3.63) is 40.6 Å². The molecule has 0 spiro atoms. The molecule has 8 nitrogen and oxygen atoms in total. The van der Waals surface area contributed by atoms with Gasteiger partial charge in [-0.1, -0.05) is 17.8 Å². The Morgan fingerprint density at radius 1 is 1.32 bits per heavy atom. The van der Waals surface area contributed by atoms with Crippen molar-refractivity contribution in [2.75, 3.05) is 25.8 Å². The van der Waals surface area contributed by atoms with Gasteiger partial charge in [0.05, 0.1) is 31.6 Å². The monoisotopic (exact) mass is 419 g/mol. The third-order valence-corrected chi connectivity index (χ3v) is 5.99. The summed E-state index contributed by atoms with van der Waals surface area (Å²) in [7, 11) is 3.14. The van der Waals surface area contributed by atoms with E-state index in [9.17, 15) is 4.79 Å². The third-order valence-electron chi connectivity index (χ3n) is 3.99. The van der Waals surface area contributed by atoms with E-state index in [1.165, 1.54) is 16.4 Å². The molecule has 148 valence electrons. The fourth-order valence-electron chi connectivity index (χ4n) is 2.56. The molecule has 10 heteroatoms. The molecular weight excluding hydrogens is 398 g/mol. The van der Waals surface area contributed by atoms with Gasteiger partial charge in [-0.25, -0.2) is 4.68 Å². The number of ether oxygens (including phenoxy) is 2. The minimum absolute atomic E-state index is 0.0389. The van der Waals surface area contributed by atoms with Gasteiger partial charge in [0.25, 0.3) is 0 Å². The van der Waals surface area contributed by atoms with Crippen molar-refractivity contribution in [1.29, 1.82) is 0 Å². The normalized spacial score (nSPS) is 11.8. The molecule has 3 aromatic rings. The third kappa shape index (κ3) is 4.39. The van der Waals surface area contributed by atoms with Crippen molar-refractivity contribution >= 4 is 29.0 Å². The molecule has 2 aromatic heterocycles. The first-order valence-corrected chi connectivity index (χ1v) is 10.3. The van der Waals surface area contributed by atoms with Crippen molar-refractivity contribution in [3.8, 4) is 22.9 Å². The van der Waals surface area contributed by atoms with Crippen molar-refractivity contribution in [3.63, 3.8) is 0 Å². The molecule has 0 saturated heterocycles. The van der Waals surface area contributed by atoms with E-state index in [1.54, 1.807) is 43.8 Å². The molecule has 28 heavy (non-hydrogen) atoms. The van der Waals surface area contributed by atoms with E-state index in [1.807, 2.05) is 24.4 Å². The first-order chi connectivity index (χ1) is 13.5. The van der Waals surface area contributed by atoms with Gasteiger partial charge in [0.2, 0.25) is 11.1 Å². The maximum Gasteiger partial charge on any atom is 0.230 e. The summed E-state index contributed by atoms with van der Waals surface area (Å²) in [6.07, 6.45) is 0. The highest BCUT2D eigenvalue weighted by Gasteiger charge is 2.18. The number of nitrogen functional groups attached to an aromatic ring is 1. The Labute approximate surface area is 171 Å². The van der Waals surface area contributed by atoms with E-state index in [2.05, 4.69) is 15.5 Å². The molecule has 1 atom stereocenters. The Hall–Kier alpha value is -2.72. The van der Waals surface area contributed by atoms with Crippen LogP contribution in [-0.4, -0.2) is 40.8 Å². The number of carbonyl (C=O) groups is 1. The Balaban J connectivity index is 1.67. The molecule has 0 saturated carbocycles. The molecule has 0 bridgehead atoms. The number of hydrogen-bond acceptors (Lipinski definition) is 8. The molecule has 0 aliphatic rings. The molecule has 0 radical (unpaired) electrons. The van der Waals surface area contributed by atoms with Gasteiger partial charge in [-0.3, -0.25) is 4.79 Å². The van der Waals surface area contributed by atoms with Crippen molar-refractivity contribution in [1.82, 2.24) is 20.2 Å². The van der Waals surface area contributed by atoms with Crippen LogP contribution < -0.4 is 20.6 Å². The van der Waals surface area contributed by atoms with Crippen LogP contribution in [0.2, 0.25) is 0 Å². The Morgan fingerprint density at radius 2 is 2.14 bits per heavy atom. The summed E-state index contributed by atoms with van der Waals surface area (Å²) in [6, 6.07) is 9.25. The number of methoxy groups -OCH3 is 2. The Morgan fingerprint density at radius 3 is 2.82 bits per heavy atom. The lowest BCUT2D eigenvalue weighted by Crippen LogP contribution is -2.28. The number of benzene rings is 1. The highest BCUT2D eigenvalue weighted by Crippen LogP contribution is 2.33. The topological polar surface area (TPSA) is 104 Å². The van der Waals surface area contributed by atoms with Gasteiger partial charge in [0, 0.05) is 10.9 Å². The molecule has 3 N–H and O–H groups in total. The van der Waals surface area contributed by atoms with E-state index in [0.717, 1.165) is 4.88 Å². The maximum absolute atomic E-state index is 12.2. The van der Waals surface area contributed by atoms with E-state index >= 15 is 0 Å². The van der Waals surface area contributed by atoms with Crippen LogP contribution in [0.4, 0.5) is 0 Å². The minimum Gasteiger partial charge on any atom is -0.497 e. The van der Waals surface area contributed by atoms with Gasteiger partial charge < -0.3 is 20.6 Å².